The molecule has 1 atom stereocenters. The van der Waals surface area contributed by atoms with Crippen molar-refractivity contribution >= 4 is 22.6 Å². The van der Waals surface area contributed by atoms with Gasteiger partial charge in [-0.25, -0.2) is 4.99 Å². The molecule has 0 radical (unpaired) electrons. The lowest BCUT2D eigenvalue weighted by Crippen LogP contribution is -2.46. The molecule has 0 unspecified atom stereocenters. The predicted octanol–water partition coefficient (Wildman–Crippen LogP) is 3.73. The standard InChI is InChI=1S/C18H17F2N3O2S/c19-16(20)25-15-7-3-12(4-8-15)18(24)11-26-17(23(18)14-5-6-14)22-13-2-1-9-21-10-13/h1-4,7-10,14,16,24H,5-6,11H2/t18-/m1/s1. The molecule has 1 saturated heterocycles. The number of benzene rings is 1. The van der Waals surface area contributed by atoms with Crippen LogP contribution in [0.5, 0.6) is 5.75 Å². The molecular formula is C18H17F2N3O2S. The molecule has 0 amide bonds. The minimum absolute atomic E-state index is 0.0697. The predicted molar refractivity (Wildman–Crippen MR) is 95.6 cm³/mol. The van der Waals surface area contributed by atoms with Gasteiger partial charge in [0, 0.05) is 17.8 Å². The summed E-state index contributed by atoms with van der Waals surface area (Å²) < 4.78 is 29.0. The van der Waals surface area contributed by atoms with E-state index >= 15 is 0 Å². The molecular weight excluding hydrogens is 360 g/mol. The second kappa shape index (κ2) is 6.85. The van der Waals surface area contributed by atoms with E-state index in [1.807, 2.05) is 17.0 Å². The number of aromatic nitrogens is 1. The average Bonchev–Trinajstić information content (AvgIpc) is 3.40. The van der Waals surface area contributed by atoms with E-state index in [2.05, 4.69) is 14.7 Å². The maximum atomic E-state index is 12.3. The molecule has 2 aliphatic rings. The highest BCUT2D eigenvalue weighted by molar-refractivity contribution is 8.14. The van der Waals surface area contributed by atoms with Crippen LogP contribution in [0.25, 0.3) is 0 Å². The largest absolute Gasteiger partial charge is 0.435 e. The van der Waals surface area contributed by atoms with Crippen LogP contribution in [0.2, 0.25) is 0 Å². The Kier molecular flexibility index (Phi) is 4.54. The molecule has 1 N–H and O–H groups in total. The first-order valence-electron chi connectivity index (χ1n) is 8.25. The molecule has 5 nitrogen and oxygen atoms in total. The number of amidine groups is 1. The first kappa shape index (κ1) is 17.2. The summed E-state index contributed by atoms with van der Waals surface area (Å²) in [6.07, 6.45) is 5.33. The van der Waals surface area contributed by atoms with Crippen molar-refractivity contribution < 1.29 is 18.6 Å². The van der Waals surface area contributed by atoms with Gasteiger partial charge in [0.2, 0.25) is 0 Å². The fraction of sp³-hybridized carbons (Fsp3) is 0.333. The fourth-order valence-corrected chi connectivity index (χ4v) is 4.24. The Labute approximate surface area is 153 Å². The minimum Gasteiger partial charge on any atom is -0.435 e. The van der Waals surface area contributed by atoms with Crippen molar-refractivity contribution in [2.24, 2.45) is 4.99 Å². The summed E-state index contributed by atoms with van der Waals surface area (Å²) in [4.78, 5) is 10.6. The minimum atomic E-state index is -2.87. The summed E-state index contributed by atoms with van der Waals surface area (Å²) in [5.41, 5.74) is 0.136. The molecule has 0 bridgehead atoms. The zero-order valence-electron chi connectivity index (χ0n) is 13.8. The molecule has 26 heavy (non-hydrogen) atoms. The number of thioether (sulfide) groups is 1. The Morgan fingerprint density at radius 1 is 1.27 bits per heavy atom. The van der Waals surface area contributed by atoms with Gasteiger partial charge in [0.25, 0.3) is 0 Å². The molecule has 1 saturated carbocycles. The van der Waals surface area contributed by atoms with E-state index < -0.39 is 12.3 Å². The lowest BCUT2D eigenvalue weighted by Gasteiger charge is -2.34. The van der Waals surface area contributed by atoms with Gasteiger partial charge >= 0.3 is 6.61 Å². The van der Waals surface area contributed by atoms with Gasteiger partial charge in [-0.2, -0.15) is 8.78 Å². The summed E-state index contributed by atoms with van der Waals surface area (Å²) in [5, 5.41) is 12.1. The Morgan fingerprint density at radius 3 is 2.65 bits per heavy atom. The van der Waals surface area contributed by atoms with Crippen LogP contribution < -0.4 is 4.74 Å². The molecule has 1 aliphatic heterocycles. The van der Waals surface area contributed by atoms with Gasteiger partial charge in [-0.05, 0) is 37.1 Å². The summed E-state index contributed by atoms with van der Waals surface area (Å²) in [5.74, 6) is 0.484. The van der Waals surface area contributed by atoms with Crippen molar-refractivity contribution in [2.75, 3.05) is 5.75 Å². The van der Waals surface area contributed by atoms with Crippen LogP contribution in [0.1, 0.15) is 18.4 Å². The molecule has 2 aromatic rings. The zero-order valence-corrected chi connectivity index (χ0v) is 14.6. The van der Waals surface area contributed by atoms with Gasteiger partial charge in [-0.15, -0.1) is 0 Å². The first-order chi connectivity index (χ1) is 12.6. The first-order valence-corrected chi connectivity index (χ1v) is 9.23. The van der Waals surface area contributed by atoms with Crippen LogP contribution >= 0.6 is 11.8 Å². The molecule has 4 rings (SSSR count). The molecule has 1 aromatic heterocycles. The zero-order chi connectivity index (χ0) is 18.1. The van der Waals surface area contributed by atoms with Gasteiger partial charge in [-0.3, -0.25) is 4.98 Å². The number of aliphatic hydroxyl groups is 1. The van der Waals surface area contributed by atoms with Crippen molar-refractivity contribution in [1.82, 2.24) is 9.88 Å². The SMILES string of the molecule is O[C@@]1(c2ccc(OC(F)F)cc2)CSC(=Nc2cccnc2)N1C1CC1. The van der Waals surface area contributed by atoms with Gasteiger partial charge in [0.05, 0.1) is 17.6 Å². The van der Waals surface area contributed by atoms with Crippen LogP contribution in [0.15, 0.2) is 53.8 Å². The van der Waals surface area contributed by atoms with Crippen LogP contribution in [0.3, 0.4) is 0 Å². The Bertz CT molecular complexity index is 800. The number of rotatable bonds is 5. The van der Waals surface area contributed by atoms with Crippen molar-refractivity contribution in [2.45, 2.75) is 31.2 Å². The van der Waals surface area contributed by atoms with Gasteiger partial charge < -0.3 is 14.7 Å². The van der Waals surface area contributed by atoms with E-state index in [9.17, 15) is 13.9 Å². The lowest BCUT2D eigenvalue weighted by molar-refractivity contribution is -0.0533. The topological polar surface area (TPSA) is 58.0 Å². The Morgan fingerprint density at radius 2 is 2.04 bits per heavy atom. The number of halogens is 2. The van der Waals surface area contributed by atoms with E-state index in [0.717, 1.165) is 23.7 Å². The van der Waals surface area contributed by atoms with Crippen molar-refractivity contribution in [3.05, 3.63) is 54.4 Å². The number of pyridine rings is 1. The second-order valence-corrected chi connectivity index (χ2v) is 7.16. The van der Waals surface area contributed by atoms with Crippen LogP contribution in [-0.4, -0.2) is 38.6 Å². The maximum Gasteiger partial charge on any atom is 0.387 e. The van der Waals surface area contributed by atoms with Gasteiger partial charge in [0.15, 0.2) is 10.9 Å². The average molecular weight is 377 g/mol. The summed E-state index contributed by atoms with van der Waals surface area (Å²) >= 11 is 1.48. The summed E-state index contributed by atoms with van der Waals surface area (Å²) in [7, 11) is 0. The van der Waals surface area contributed by atoms with Crippen molar-refractivity contribution in [3.63, 3.8) is 0 Å². The number of alkyl halides is 2. The number of hydrogen-bond donors (Lipinski definition) is 1. The summed E-state index contributed by atoms with van der Waals surface area (Å²) in [6.45, 7) is -2.87. The van der Waals surface area contributed by atoms with Crippen molar-refractivity contribution in [3.8, 4) is 5.75 Å². The number of ether oxygens (including phenoxy) is 1. The van der Waals surface area contributed by atoms with Crippen LogP contribution in [0.4, 0.5) is 14.5 Å². The quantitative estimate of drug-likeness (QED) is 0.861. The molecule has 2 fully saturated rings. The monoisotopic (exact) mass is 377 g/mol. The Balaban J connectivity index is 1.64. The fourth-order valence-electron chi connectivity index (χ4n) is 3.00. The van der Waals surface area contributed by atoms with E-state index in [4.69, 9.17) is 0 Å². The number of aliphatic imine (C=N–C) groups is 1. The highest BCUT2D eigenvalue weighted by Crippen LogP contribution is 2.46. The summed E-state index contributed by atoms with van der Waals surface area (Å²) in [6, 6.07) is 10.0. The molecule has 1 aliphatic carbocycles. The molecule has 136 valence electrons. The van der Waals surface area contributed by atoms with E-state index in [1.165, 1.54) is 23.9 Å². The lowest BCUT2D eigenvalue weighted by atomic mass is 10.0. The maximum absolute atomic E-state index is 12.3. The highest BCUT2D eigenvalue weighted by atomic mass is 32.2. The second-order valence-electron chi connectivity index (χ2n) is 6.21. The van der Waals surface area contributed by atoms with Crippen molar-refractivity contribution in [1.29, 1.82) is 0 Å². The molecule has 8 heteroatoms. The van der Waals surface area contributed by atoms with E-state index in [0.29, 0.717) is 11.3 Å². The van der Waals surface area contributed by atoms with Crippen LogP contribution in [0, 0.1) is 0 Å². The van der Waals surface area contributed by atoms with Gasteiger partial charge in [0.1, 0.15) is 5.75 Å². The van der Waals surface area contributed by atoms with E-state index in [1.54, 1.807) is 24.5 Å². The number of hydrogen-bond acceptors (Lipinski definition) is 5. The molecule has 2 heterocycles. The Hall–Kier alpha value is -2.19. The van der Waals surface area contributed by atoms with Crippen LogP contribution in [-0.2, 0) is 5.72 Å². The highest BCUT2D eigenvalue weighted by Gasteiger charge is 2.51. The smallest absolute Gasteiger partial charge is 0.387 e. The van der Waals surface area contributed by atoms with Gasteiger partial charge in [-0.1, -0.05) is 23.9 Å². The third-order valence-electron chi connectivity index (χ3n) is 4.33. The normalized spacial score (nSPS) is 24.5. The number of nitrogens with zero attached hydrogens (tertiary/aromatic N) is 3. The third-order valence-corrected chi connectivity index (χ3v) is 5.42. The third kappa shape index (κ3) is 3.39. The molecule has 1 aromatic carbocycles. The van der Waals surface area contributed by atoms with E-state index in [-0.39, 0.29) is 11.8 Å². The molecule has 0 spiro atoms.